The van der Waals surface area contributed by atoms with E-state index in [1.807, 2.05) is 60.4 Å². The van der Waals surface area contributed by atoms with Crippen molar-refractivity contribution in [1.82, 2.24) is 9.88 Å². The van der Waals surface area contributed by atoms with Crippen molar-refractivity contribution < 1.29 is 14.3 Å². The standard InChI is InChI=1S/C25H28N2O3S/c1-2-30-24(29)25(17-19-9-4-3-5-10-19)15-8-16-27(18-25)23(28)14-13-22-26-20-11-6-7-12-21(20)31-22/h3-7,9-12H,2,8,13-18H2,1H3/t25-/m1/s1. The highest BCUT2D eigenvalue weighted by molar-refractivity contribution is 7.18. The van der Waals surface area contributed by atoms with Gasteiger partial charge in [-0.1, -0.05) is 42.5 Å². The highest BCUT2D eigenvalue weighted by Gasteiger charge is 2.44. The maximum Gasteiger partial charge on any atom is 0.314 e. The molecule has 1 amide bonds. The molecule has 2 heterocycles. The zero-order chi connectivity index (χ0) is 21.7. The number of likely N-dealkylation sites (tertiary alicyclic amines) is 1. The van der Waals surface area contributed by atoms with Crippen molar-refractivity contribution in [3.8, 4) is 0 Å². The summed E-state index contributed by atoms with van der Waals surface area (Å²) in [6.07, 6.45) is 3.17. The number of piperidine rings is 1. The summed E-state index contributed by atoms with van der Waals surface area (Å²) in [4.78, 5) is 32.6. The van der Waals surface area contributed by atoms with Crippen LogP contribution in [0.15, 0.2) is 54.6 Å². The lowest BCUT2D eigenvalue weighted by Crippen LogP contribution is -2.51. The minimum Gasteiger partial charge on any atom is -0.466 e. The number of aryl methyl sites for hydroxylation is 1. The first-order valence-corrected chi connectivity index (χ1v) is 11.7. The number of hydrogen-bond donors (Lipinski definition) is 0. The van der Waals surface area contributed by atoms with Gasteiger partial charge in [-0.25, -0.2) is 4.98 Å². The van der Waals surface area contributed by atoms with Gasteiger partial charge in [0, 0.05) is 25.9 Å². The SMILES string of the molecule is CCOC(=O)[C@@]1(Cc2ccccc2)CCCN(C(=O)CCc2nc3ccccc3s2)C1. The molecule has 0 aliphatic carbocycles. The van der Waals surface area contributed by atoms with Gasteiger partial charge in [-0.2, -0.15) is 0 Å². The van der Waals surface area contributed by atoms with Crippen molar-refractivity contribution in [2.75, 3.05) is 19.7 Å². The monoisotopic (exact) mass is 436 g/mol. The molecule has 0 spiro atoms. The number of carbonyl (C=O) groups excluding carboxylic acids is 2. The molecule has 1 fully saturated rings. The smallest absolute Gasteiger partial charge is 0.314 e. The van der Waals surface area contributed by atoms with E-state index in [1.165, 1.54) is 0 Å². The van der Waals surface area contributed by atoms with Crippen LogP contribution < -0.4 is 0 Å². The summed E-state index contributed by atoms with van der Waals surface area (Å²) in [6, 6.07) is 18.1. The van der Waals surface area contributed by atoms with Gasteiger partial charge in [0.2, 0.25) is 5.91 Å². The average Bonchev–Trinajstić information content (AvgIpc) is 3.21. The second-order valence-electron chi connectivity index (χ2n) is 8.16. The highest BCUT2D eigenvalue weighted by Crippen LogP contribution is 2.36. The molecule has 3 aromatic rings. The topological polar surface area (TPSA) is 59.5 Å². The van der Waals surface area contributed by atoms with Gasteiger partial charge < -0.3 is 9.64 Å². The molecule has 0 N–H and O–H groups in total. The van der Waals surface area contributed by atoms with Crippen LogP contribution in [0.1, 0.15) is 36.8 Å². The first-order valence-electron chi connectivity index (χ1n) is 10.9. The van der Waals surface area contributed by atoms with Gasteiger partial charge in [0.05, 0.1) is 27.2 Å². The third-order valence-electron chi connectivity index (χ3n) is 5.91. The van der Waals surface area contributed by atoms with Crippen LogP contribution in [0, 0.1) is 5.41 Å². The van der Waals surface area contributed by atoms with Crippen LogP contribution in [-0.4, -0.2) is 41.5 Å². The third kappa shape index (κ3) is 4.96. The molecule has 2 aromatic carbocycles. The number of carbonyl (C=O) groups is 2. The van der Waals surface area contributed by atoms with E-state index in [2.05, 4.69) is 11.1 Å². The quantitative estimate of drug-likeness (QED) is 0.506. The maximum absolute atomic E-state index is 13.1. The van der Waals surface area contributed by atoms with E-state index in [0.717, 1.165) is 33.6 Å². The lowest BCUT2D eigenvalue weighted by atomic mass is 9.75. The van der Waals surface area contributed by atoms with Crippen LogP contribution in [0.5, 0.6) is 0 Å². The molecule has 1 saturated heterocycles. The summed E-state index contributed by atoms with van der Waals surface area (Å²) < 4.78 is 6.61. The number of aromatic nitrogens is 1. The Morgan fingerprint density at radius 1 is 1.13 bits per heavy atom. The summed E-state index contributed by atoms with van der Waals surface area (Å²) in [5.41, 5.74) is 1.40. The van der Waals surface area contributed by atoms with E-state index in [9.17, 15) is 9.59 Å². The minimum absolute atomic E-state index is 0.0840. The molecule has 0 unspecified atom stereocenters. The first kappa shape index (κ1) is 21.5. The average molecular weight is 437 g/mol. The number of hydrogen-bond acceptors (Lipinski definition) is 5. The van der Waals surface area contributed by atoms with Crippen LogP contribution in [0.25, 0.3) is 10.2 Å². The molecule has 6 heteroatoms. The van der Waals surface area contributed by atoms with Gasteiger partial charge in [0.15, 0.2) is 0 Å². The fourth-order valence-electron chi connectivity index (χ4n) is 4.40. The van der Waals surface area contributed by atoms with Crippen molar-refractivity contribution >= 4 is 33.4 Å². The molecule has 1 atom stereocenters. The Bertz CT molecular complexity index is 1020. The van der Waals surface area contributed by atoms with E-state index in [0.29, 0.717) is 39.0 Å². The summed E-state index contributed by atoms with van der Waals surface area (Å²) in [5, 5.41) is 0.979. The van der Waals surface area contributed by atoms with Crippen LogP contribution in [0.2, 0.25) is 0 Å². The Kier molecular flexibility index (Phi) is 6.66. The summed E-state index contributed by atoms with van der Waals surface area (Å²) in [5.74, 6) is -0.108. The van der Waals surface area contributed by atoms with Gasteiger partial charge in [0.25, 0.3) is 0 Å². The second kappa shape index (κ2) is 9.60. The molecule has 31 heavy (non-hydrogen) atoms. The van der Waals surface area contributed by atoms with Gasteiger partial charge in [-0.3, -0.25) is 9.59 Å². The molecule has 1 aliphatic heterocycles. The number of thiazole rings is 1. The molecular formula is C25H28N2O3S. The van der Waals surface area contributed by atoms with E-state index in [-0.39, 0.29) is 11.9 Å². The van der Waals surface area contributed by atoms with Crippen molar-refractivity contribution in [3.63, 3.8) is 0 Å². The van der Waals surface area contributed by atoms with Crippen molar-refractivity contribution in [2.45, 2.75) is 39.0 Å². The van der Waals surface area contributed by atoms with E-state index >= 15 is 0 Å². The van der Waals surface area contributed by atoms with Gasteiger partial charge in [0.1, 0.15) is 0 Å². The first-order chi connectivity index (χ1) is 15.1. The predicted octanol–water partition coefficient (Wildman–Crippen LogP) is 4.64. The number of benzene rings is 2. The zero-order valence-electron chi connectivity index (χ0n) is 17.9. The van der Waals surface area contributed by atoms with Gasteiger partial charge in [-0.05, 0) is 43.9 Å². The Balaban J connectivity index is 1.46. The number of rotatable bonds is 7. The van der Waals surface area contributed by atoms with E-state index < -0.39 is 5.41 Å². The normalized spacial score (nSPS) is 18.8. The van der Waals surface area contributed by atoms with Crippen molar-refractivity contribution in [1.29, 1.82) is 0 Å². The summed E-state index contributed by atoms with van der Waals surface area (Å²) >= 11 is 1.64. The maximum atomic E-state index is 13.1. The molecule has 0 saturated carbocycles. The van der Waals surface area contributed by atoms with E-state index in [1.54, 1.807) is 11.3 Å². The van der Waals surface area contributed by atoms with Gasteiger partial charge in [-0.15, -0.1) is 11.3 Å². The molecule has 162 valence electrons. The number of esters is 1. The molecule has 5 nitrogen and oxygen atoms in total. The largest absolute Gasteiger partial charge is 0.466 e. The molecule has 4 rings (SSSR count). The van der Waals surface area contributed by atoms with Crippen LogP contribution in [0.3, 0.4) is 0 Å². The van der Waals surface area contributed by atoms with Crippen LogP contribution >= 0.6 is 11.3 Å². The Labute approximate surface area is 187 Å². The molecule has 1 aromatic heterocycles. The Morgan fingerprint density at radius 2 is 1.90 bits per heavy atom. The number of para-hydroxylation sites is 1. The predicted molar refractivity (Wildman–Crippen MR) is 123 cm³/mol. The summed E-state index contributed by atoms with van der Waals surface area (Å²) in [6.45, 7) is 3.28. The highest BCUT2D eigenvalue weighted by atomic mass is 32.1. The van der Waals surface area contributed by atoms with Crippen molar-refractivity contribution in [3.05, 3.63) is 65.2 Å². The lowest BCUT2D eigenvalue weighted by molar-refractivity contribution is -0.160. The van der Waals surface area contributed by atoms with Crippen LogP contribution in [-0.2, 0) is 27.2 Å². The molecular weight excluding hydrogens is 408 g/mol. The Morgan fingerprint density at radius 3 is 2.68 bits per heavy atom. The molecule has 1 aliphatic rings. The van der Waals surface area contributed by atoms with E-state index in [4.69, 9.17) is 4.74 Å². The molecule has 0 radical (unpaired) electrons. The number of ether oxygens (including phenoxy) is 1. The number of fused-ring (bicyclic) bond motifs is 1. The summed E-state index contributed by atoms with van der Waals surface area (Å²) in [7, 11) is 0. The van der Waals surface area contributed by atoms with Gasteiger partial charge >= 0.3 is 5.97 Å². The zero-order valence-corrected chi connectivity index (χ0v) is 18.7. The second-order valence-corrected chi connectivity index (χ2v) is 9.27. The molecule has 0 bridgehead atoms. The Hall–Kier alpha value is -2.73. The lowest BCUT2D eigenvalue weighted by Gasteiger charge is -2.41. The number of amides is 1. The fraction of sp³-hybridized carbons (Fsp3) is 0.400. The fourth-order valence-corrected chi connectivity index (χ4v) is 5.36. The minimum atomic E-state index is -0.679. The number of nitrogens with zero attached hydrogens (tertiary/aromatic N) is 2. The van der Waals surface area contributed by atoms with Crippen LogP contribution in [0.4, 0.5) is 0 Å². The third-order valence-corrected chi connectivity index (χ3v) is 7.01. The van der Waals surface area contributed by atoms with Crippen molar-refractivity contribution in [2.24, 2.45) is 5.41 Å².